The maximum atomic E-state index is 9.20. The van der Waals surface area contributed by atoms with Gasteiger partial charge in [-0.2, -0.15) is 0 Å². The second-order valence-electron chi connectivity index (χ2n) is 2.58. The molecule has 0 bridgehead atoms. The van der Waals surface area contributed by atoms with Crippen LogP contribution in [0.1, 0.15) is 26.2 Å². The summed E-state index contributed by atoms with van der Waals surface area (Å²) < 4.78 is 4.92. The molecule has 0 radical (unpaired) electrons. The van der Waals surface area contributed by atoms with E-state index in [1.54, 1.807) is 0 Å². The summed E-state index contributed by atoms with van der Waals surface area (Å²) in [5.41, 5.74) is 0. The Hall–Kier alpha value is -0.0800. The molecule has 0 unspecified atom stereocenters. The molecular weight excluding hydrogens is 116 g/mol. The summed E-state index contributed by atoms with van der Waals surface area (Å²) in [6, 6.07) is 0. The largest absolute Gasteiger partial charge is 0.390 e. The van der Waals surface area contributed by atoms with E-state index in [1.807, 2.05) is 0 Å². The molecule has 2 nitrogen and oxygen atoms in total. The first-order valence-electron chi connectivity index (χ1n) is 3.64. The van der Waals surface area contributed by atoms with Crippen molar-refractivity contribution >= 4 is 0 Å². The summed E-state index contributed by atoms with van der Waals surface area (Å²) in [6.45, 7) is 2.89. The Morgan fingerprint density at radius 2 is 2.44 bits per heavy atom. The lowest BCUT2D eigenvalue weighted by molar-refractivity contribution is 0.124. The van der Waals surface area contributed by atoms with E-state index in [1.165, 1.54) is 0 Å². The Morgan fingerprint density at radius 1 is 1.78 bits per heavy atom. The average Bonchev–Trinajstić information content (AvgIpc) is 2.63. The van der Waals surface area contributed by atoms with Gasteiger partial charge >= 0.3 is 0 Å². The Bertz CT molecular complexity index is 79.0. The fraction of sp³-hybridized carbons (Fsp3) is 1.00. The van der Waals surface area contributed by atoms with Gasteiger partial charge < -0.3 is 9.84 Å². The third-order valence-electron chi connectivity index (χ3n) is 1.64. The highest BCUT2D eigenvalue weighted by atomic mass is 16.6. The summed E-state index contributed by atoms with van der Waals surface area (Å²) in [4.78, 5) is 0. The van der Waals surface area contributed by atoms with Crippen LogP contribution in [0.15, 0.2) is 0 Å². The summed E-state index contributed by atoms with van der Waals surface area (Å²) >= 11 is 0. The number of hydrogen-bond donors (Lipinski definition) is 1. The molecule has 1 heterocycles. The van der Waals surface area contributed by atoms with Crippen molar-refractivity contribution in [3.8, 4) is 0 Å². The minimum atomic E-state index is -0.190. The average molecular weight is 130 g/mol. The first-order valence-corrected chi connectivity index (χ1v) is 3.64. The van der Waals surface area contributed by atoms with Gasteiger partial charge in [0.15, 0.2) is 0 Å². The maximum absolute atomic E-state index is 9.20. The van der Waals surface area contributed by atoms with Gasteiger partial charge in [0.05, 0.1) is 12.7 Å². The first kappa shape index (κ1) is 7.03. The van der Waals surface area contributed by atoms with Crippen molar-refractivity contribution in [3.05, 3.63) is 0 Å². The molecular formula is C7H14O2. The number of hydrogen-bond acceptors (Lipinski definition) is 2. The third kappa shape index (κ3) is 2.33. The van der Waals surface area contributed by atoms with Gasteiger partial charge in [-0.1, -0.05) is 19.8 Å². The molecule has 2 atom stereocenters. The molecule has 1 rings (SSSR count). The maximum Gasteiger partial charge on any atom is 0.107 e. The fourth-order valence-electron chi connectivity index (χ4n) is 0.877. The predicted octanol–water partition coefficient (Wildman–Crippen LogP) is 0.936. The standard InChI is InChI=1S/C7H14O2/c1-2-3-4-6(8)7-5-9-7/h6-8H,2-5H2,1H3/t6-,7-/m0/s1. The molecule has 0 aromatic heterocycles. The van der Waals surface area contributed by atoms with E-state index in [2.05, 4.69) is 6.92 Å². The number of epoxide rings is 1. The minimum absolute atomic E-state index is 0.177. The lowest BCUT2D eigenvalue weighted by Gasteiger charge is -2.03. The molecule has 9 heavy (non-hydrogen) atoms. The van der Waals surface area contributed by atoms with Gasteiger partial charge in [-0.15, -0.1) is 0 Å². The molecule has 0 saturated carbocycles. The number of aliphatic hydroxyl groups is 1. The topological polar surface area (TPSA) is 32.8 Å². The molecule has 1 N–H and O–H groups in total. The zero-order chi connectivity index (χ0) is 6.69. The van der Waals surface area contributed by atoms with Crippen LogP contribution in [-0.2, 0) is 4.74 Å². The summed E-state index contributed by atoms with van der Waals surface area (Å²) in [7, 11) is 0. The molecule has 0 aromatic rings. The van der Waals surface area contributed by atoms with E-state index in [4.69, 9.17) is 4.74 Å². The molecule has 1 saturated heterocycles. The number of rotatable bonds is 4. The normalized spacial score (nSPS) is 28.0. The van der Waals surface area contributed by atoms with Crippen LogP contribution >= 0.6 is 0 Å². The van der Waals surface area contributed by atoms with Crippen LogP contribution in [0.4, 0.5) is 0 Å². The third-order valence-corrected chi connectivity index (χ3v) is 1.64. The second-order valence-corrected chi connectivity index (χ2v) is 2.58. The van der Waals surface area contributed by atoms with Gasteiger partial charge in [-0.05, 0) is 6.42 Å². The molecule has 54 valence electrons. The van der Waals surface area contributed by atoms with Crippen molar-refractivity contribution < 1.29 is 9.84 Å². The van der Waals surface area contributed by atoms with Gasteiger partial charge in [-0.25, -0.2) is 0 Å². The zero-order valence-electron chi connectivity index (χ0n) is 5.84. The predicted molar refractivity (Wildman–Crippen MR) is 35.3 cm³/mol. The number of ether oxygens (including phenoxy) is 1. The van der Waals surface area contributed by atoms with Crippen molar-refractivity contribution in [3.63, 3.8) is 0 Å². The van der Waals surface area contributed by atoms with Gasteiger partial charge in [0, 0.05) is 0 Å². The van der Waals surface area contributed by atoms with E-state index in [0.29, 0.717) is 0 Å². The molecule has 0 amide bonds. The van der Waals surface area contributed by atoms with Gasteiger partial charge in [0.25, 0.3) is 0 Å². The van der Waals surface area contributed by atoms with Crippen molar-refractivity contribution in [2.24, 2.45) is 0 Å². The van der Waals surface area contributed by atoms with Crippen molar-refractivity contribution in [2.75, 3.05) is 6.61 Å². The molecule has 2 heteroatoms. The molecule has 0 aliphatic carbocycles. The zero-order valence-corrected chi connectivity index (χ0v) is 5.84. The van der Waals surface area contributed by atoms with E-state index in [0.717, 1.165) is 25.9 Å². The molecule has 0 aromatic carbocycles. The minimum Gasteiger partial charge on any atom is -0.390 e. The fourth-order valence-corrected chi connectivity index (χ4v) is 0.877. The molecule has 1 aliphatic heterocycles. The Labute approximate surface area is 55.8 Å². The Balaban J connectivity index is 1.96. The summed E-state index contributed by atoms with van der Waals surface area (Å²) in [5.74, 6) is 0. The van der Waals surface area contributed by atoms with Crippen LogP contribution in [-0.4, -0.2) is 23.9 Å². The molecule has 1 aliphatic rings. The van der Waals surface area contributed by atoms with Crippen molar-refractivity contribution in [1.29, 1.82) is 0 Å². The highest BCUT2D eigenvalue weighted by molar-refractivity contribution is 4.77. The SMILES string of the molecule is CCCC[C@H](O)[C@@H]1CO1. The Kier molecular flexibility index (Phi) is 2.49. The quantitative estimate of drug-likeness (QED) is 0.574. The number of aliphatic hydroxyl groups excluding tert-OH is 1. The van der Waals surface area contributed by atoms with Crippen LogP contribution in [0.5, 0.6) is 0 Å². The van der Waals surface area contributed by atoms with Gasteiger partial charge in [0.2, 0.25) is 0 Å². The van der Waals surface area contributed by atoms with Crippen molar-refractivity contribution in [1.82, 2.24) is 0 Å². The van der Waals surface area contributed by atoms with E-state index in [9.17, 15) is 5.11 Å². The van der Waals surface area contributed by atoms with Crippen LogP contribution in [0.25, 0.3) is 0 Å². The van der Waals surface area contributed by atoms with Crippen LogP contribution in [0.3, 0.4) is 0 Å². The summed E-state index contributed by atoms with van der Waals surface area (Å²) in [6.07, 6.45) is 3.16. The highest BCUT2D eigenvalue weighted by Gasteiger charge is 2.30. The molecule has 0 spiro atoms. The molecule has 1 fully saturated rings. The van der Waals surface area contributed by atoms with Crippen LogP contribution in [0, 0.1) is 0 Å². The van der Waals surface area contributed by atoms with Crippen molar-refractivity contribution in [2.45, 2.75) is 38.4 Å². The highest BCUT2D eigenvalue weighted by Crippen LogP contribution is 2.17. The second kappa shape index (κ2) is 3.18. The summed E-state index contributed by atoms with van der Waals surface area (Å²) in [5, 5.41) is 9.20. The number of unbranched alkanes of at least 4 members (excludes halogenated alkanes) is 1. The van der Waals surface area contributed by atoms with Crippen LogP contribution in [0.2, 0.25) is 0 Å². The monoisotopic (exact) mass is 130 g/mol. The lowest BCUT2D eigenvalue weighted by Crippen LogP contribution is -2.13. The van der Waals surface area contributed by atoms with Gasteiger partial charge in [0.1, 0.15) is 6.10 Å². The van der Waals surface area contributed by atoms with E-state index in [-0.39, 0.29) is 12.2 Å². The smallest absolute Gasteiger partial charge is 0.107 e. The van der Waals surface area contributed by atoms with Gasteiger partial charge in [-0.3, -0.25) is 0 Å². The van der Waals surface area contributed by atoms with Crippen LogP contribution < -0.4 is 0 Å². The lowest BCUT2D eigenvalue weighted by atomic mass is 10.1. The first-order chi connectivity index (χ1) is 4.34. The Morgan fingerprint density at radius 3 is 2.89 bits per heavy atom. The van der Waals surface area contributed by atoms with E-state index < -0.39 is 0 Å². The van der Waals surface area contributed by atoms with E-state index >= 15 is 0 Å².